The zero-order valence-corrected chi connectivity index (χ0v) is 7.63. The van der Waals surface area contributed by atoms with Gasteiger partial charge in [0.05, 0.1) is 6.10 Å². The average molecular weight is 158 g/mol. The molecule has 2 heteroatoms. The van der Waals surface area contributed by atoms with E-state index in [1.54, 1.807) is 6.92 Å². The lowest BCUT2D eigenvalue weighted by molar-refractivity contribution is -0.121. The summed E-state index contributed by atoms with van der Waals surface area (Å²) in [5.74, 6) is 0.635. The molecule has 1 N–H and O–H groups in total. The second-order valence-electron chi connectivity index (χ2n) is 3.31. The summed E-state index contributed by atoms with van der Waals surface area (Å²) in [6.45, 7) is 5.77. The first-order valence-corrected chi connectivity index (χ1v) is 4.26. The van der Waals surface area contributed by atoms with Crippen LogP contribution in [0.5, 0.6) is 0 Å². The molecule has 66 valence electrons. The molecular weight excluding hydrogens is 140 g/mol. The van der Waals surface area contributed by atoms with Gasteiger partial charge in [-0.3, -0.25) is 4.79 Å². The Morgan fingerprint density at radius 1 is 1.36 bits per heavy atom. The largest absolute Gasteiger partial charge is 0.393 e. The Labute approximate surface area is 68.6 Å². The quantitative estimate of drug-likeness (QED) is 0.662. The summed E-state index contributed by atoms with van der Waals surface area (Å²) in [7, 11) is 0. The number of hydrogen-bond acceptors (Lipinski definition) is 2. The predicted octanol–water partition coefficient (Wildman–Crippen LogP) is 1.76. The first-order chi connectivity index (χ1) is 5.06. The lowest BCUT2D eigenvalue weighted by atomic mass is 9.99. The highest BCUT2D eigenvalue weighted by molar-refractivity contribution is 5.78. The second kappa shape index (κ2) is 5.30. The van der Waals surface area contributed by atoms with Gasteiger partial charge in [-0.05, 0) is 12.8 Å². The topological polar surface area (TPSA) is 37.3 Å². The summed E-state index contributed by atoms with van der Waals surface area (Å²) >= 11 is 0. The molecule has 0 radical (unpaired) electrons. The summed E-state index contributed by atoms with van der Waals surface area (Å²) in [4.78, 5) is 11.1. The molecule has 0 saturated carbocycles. The highest BCUT2D eigenvalue weighted by Gasteiger charge is 2.09. The number of rotatable bonds is 5. The van der Waals surface area contributed by atoms with Gasteiger partial charge in [-0.15, -0.1) is 0 Å². The fourth-order valence-corrected chi connectivity index (χ4v) is 0.946. The summed E-state index contributed by atoms with van der Waals surface area (Å²) < 4.78 is 0. The van der Waals surface area contributed by atoms with Gasteiger partial charge in [0.15, 0.2) is 0 Å². The number of ketones is 1. The molecule has 0 saturated heterocycles. The molecule has 0 aliphatic rings. The van der Waals surface area contributed by atoms with Gasteiger partial charge >= 0.3 is 0 Å². The first kappa shape index (κ1) is 10.6. The summed E-state index contributed by atoms with van der Waals surface area (Å²) in [5, 5.41) is 8.89. The van der Waals surface area contributed by atoms with Gasteiger partial charge in [0.1, 0.15) is 5.78 Å². The normalized spacial score (nSPS) is 16.0. The maximum atomic E-state index is 11.1. The maximum absolute atomic E-state index is 11.1. The third-order valence-electron chi connectivity index (χ3n) is 1.80. The molecule has 0 unspecified atom stereocenters. The van der Waals surface area contributed by atoms with Crippen LogP contribution >= 0.6 is 0 Å². The number of carbonyl (C=O) groups excluding carboxylic acids is 1. The SMILES string of the molecule is CC[C@H](C)CC(=O)C[C@@H](C)O. The molecule has 0 aromatic heterocycles. The number of aliphatic hydroxyl groups is 1. The van der Waals surface area contributed by atoms with E-state index in [-0.39, 0.29) is 5.78 Å². The Hall–Kier alpha value is -0.370. The third kappa shape index (κ3) is 6.05. The molecule has 2 nitrogen and oxygen atoms in total. The fourth-order valence-electron chi connectivity index (χ4n) is 0.946. The Bertz CT molecular complexity index is 119. The fraction of sp³-hybridized carbons (Fsp3) is 0.889. The number of hydrogen-bond donors (Lipinski definition) is 1. The number of aliphatic hydroxyl groups excluding tert-OH is 1. The van der Waals surface area contributed by atoms with Crippen LogP contribution in [0.3, 0.4) is 0 Å². The molecule has 0 aliphatic carbocycles. The van der Waals surface area contributed by atoms with Gasteiger partial charge in [0, 0.05) is 12.8 Å². The Morgan fingerprint density at radius 3 is 2.27 bits per heavy atom. The van der Waals surface area contributed by atoms with Crippen LogP contribution in [0.2, 0.25) is 0 Å². The first-order valence-electron chi connectivity index (χ1n) is 4.26. The summed E-state index contributed by atoms with van der Waals surface area (Å²) in [6.07, 6.45) is 1.48. The van der Waals surface area contributed by atoms with Crippen molar-refractivity contribution in [3.63, 3.8) is 0 Å². The van der Waals surface area contributed by atoms with Gasteiger partial charge in [-0.1, -0.05) is 20.3 Å². The Kier molecular flexibility index (Phi) is 5.12. The van der Waals surface area contributed by atoms with Gasteiger partial charge < -0.3 is 5.11 Å². The van der Waals surface area contributed by atoms with Crippen LogP contribution in [0.25, 0.3) is 0 Å². The van der Waals surface area contributed by atoms with Crippen LogP contribution in [-0.4, -0.2) is 17.0 Å². The van der Waals surface area contributed by atoms with E-state index in [0.29, 0.717) is 18.8 Å². The molecule has 11 heavy (non-hydrogen) atoms. The van der Waals surface area contributed by atoms with Crippen LogP contribution in [0, 0.1) is 5.92 Å². The van der Waals surface area contributed by atoms with E-state index in [9.17, 15) is 4.79 Å². The van der Waals surface area contributed by atoms with E-state index in [2.05, 4.69) is 13.8 Å². The number of carbonyl (C=O) groups is 1. The average Bonchev–Trinajstić information content (AvgIpc) is 1.85. The standard InChI is InChI=1S/C9H18O2/c1-4-7(2)5-9(11)6-8(3)10/h7-8,10H,4-6H2,1-3H3/t7-,8+/m0/s1. The Balaban J connectivity index is 3.52. The van der Waals surface area contributed by atoms with Crippen LogP contribution in [0.4, 0.5) is 0 Å². The van der Waals surface area contributed by atoms with Crippen molar-refractivity contribution in [2.45, 2.75) is 46.1 Å². The lowest BCUT2D eigenvalue weighted by Crippen LogP contribution is -2.11. The van der Waals surface area contributed by atoms with Crippen molar-refractivity contribution >= 4 is 5.78 Å². The van der Waals surface area contributed by atoms with Crippen LogP contribution in [0.1, 0.15) is 40.0 Å². The molecule has 0 aromatic carbocycles. The van der Waals surface area contributed by atoms with E-state index in [1.807, 2.05) is 0 Å². The highest BCUT2D eigenvalue weighted by Crippen LogP contribution is 2.09. The molecule has 0 rings (SSSR count). The molecule has 2 atom stereocenters. The maximum Gasteiger partial charge on any atom is 0.135 e. The van der Waals surface area contributed by atoms with Crippen LogP contribution in [0.15, 0.2) is 0 Å². The van der Waals surface area contributed by atoms with E-state index in [0.717, 1.165) is 6.42 Å². The molecular formula is C9H18O2. The van der Waals surface area contributed by atoms with Gasteiger partial charge in [0.2, 0.25) is 0 Å². The minimum atomic E-state index is -0.480. The van der Waals surface area contributed by atoms with E-state index >= 15 is 0 Å². The molecule has 0 spiro atoms. The third-order valence-corrected chi connectivity index (χ3v) is 1.80. The second-order valence-corrected chi connectivity index (χ2v) is 3.31. The van der Waals surface area contributed by atoms with E-state index in [1.165, 1.54) is 0 Å². The molecule has 0 bridgehead atoms. The monoisotopic (exact) mass is 158 g/mol. The minimum absolute atomic E-state index is 0.175. The van der Waals surface area contributed by atoms with Crippen LogP contribution < -0.4 is 0 Å². The molecule has 0 heterocycles. The predicted molar refractivity (Wildman–Crippen MR) is 45.4 cm³/mol. The summed E-state index contributed by atoms with van der Waals surface area (Å²) in [6, 6.07) is 0. The van der Waals surface area contributed by atoms with E-state index < -0.39 is 6.10 Å². The van der Waals surface area contributed by atoms with Gasteiger partial charge in [-0.25, -0.2) is 0 Å². The van der Waals surface area contributed by atoms with Crippen molar-refractivity contribution in [1.29, 1.82) is 0 Å². The zero-order chi connectivity index (χ0) is 8.85. The zero-order valence-electron chi connectivity index (χ0n) is 7.63. The van der Waals surface area contributed by atoms with Crippen molar-refractivity contribution in [3.05, 3.63) is 0 Å². The highest BCUT2D eigenvalue weighted by atomic mass is 16.3. The molecule has 0 amide bonds. The van der Waals surface area contributed by atoms with Crippen molar-refractivity contribution < 1.29 is 9.90 Å². The lowest BCUT2D eigenvalue weighted by Gasteiger charge is -2.07. The van der Waals surface area contributed by atoms with Crippen molar-refractivity contribution in [3.8, 4) is 0 Å². The van der Waals surface area contributed by atoms with E-state index in [4.69, 9.17) is 5.11 Å². The van der Waals surface area contributed by atoms with Crippen molar-refractivity contribution in [1.82, 2.24) is 0 Å². The Morgan fingerprint density at radius 2 is 1.91 bits per heavy atom. The minimum Gasteiger partial charge on any atom is -0.393 e. The molecule has 0 aromatic rings. The summed E-state index contributed by atoms with van der Waals surface area (Å²) in [5.41, 5.74) is 0. The number of Topliss-reactive ketones (excluding diaryl/α,β-unsaturated/α-hetero) is 1. The van der Waals surface area contributed by atoms with Crippen molar-refractivity contribution in [2.75, 3.05) is 0 Å². The van der Waals surface area contributed by atoms with Crippen molar-refractivity contribution in [2.24, 2.45) is 5.92 Å². The smallest absolute Gasteiger partial charge is 0.135 e. The van der Waals surface area contributed by atoms with Crippen LogP contribution in [-0.2, 0) is 4.79 Å². The van der Waals surface area contributed by atoms with Gasteiger partial charge in [0.25, 0.3) is 0 Å². The molecule has 0 fully saturated rings. The van der Waals surface area contributed by atoms with Gasteiger partial charge in [-0.2, -0.15) is 0 Å². The molecule has 0 aliphatic heterocycles.